The van der Waals surface area contributed by atoms with E-state index in [1.54, 1.807) is 4.90 Å². The Morgan fingerprint density at radius 1 is 0.688 bits per heavy atom. The van der Waals surface area contributed by atoms with Crippen molar-refractivity contribution in [2.45, 2.75) is 124 Å². The molecule has 0 aromatic heterocycles. The van der Waals surface area contributed by atoms with Gasteiger partial charge in [-0.2, -0.15) is 0 Å². The van der Waals surface area contributed by atoms with Crippen molar-refractivity contribution in [2.75, 3.05) is 26.2 Å². The molecule has 0 radical (unpaired) electrons. The number of ether oxygens (including phenoxy) is 1. The maximum atomic E-state index is 11.9. The molecule has 0 heterocycles. The largest absolute Gasteiger partial charge is 0.464 e. The lowest BCUT2D eigenvalue weighted by Crippen LogP contribution is -2.39. The molecular weight excluding hydrogens is 404 g/mol. The molecular formula is C26H50N2O4. The lowest BCUT2D eigenvalue weighted by molar-refractivity contribution is -0.143. The van der Waals surface area contributed by atoms with Gasteiger partial charge in [0.15, 0.2) is 0 Å². The summed E-state index contributed by atoms with van der Waals surface area (Å²) in [5.41, 5.74) is 0. The zero-order valence-corrected chi connectivity index (χ0v) is 21.2. The molecule has 0 aromatic rings. The first kappa shape index (κ1) is 30.4. The SMILES string of the molecule is CCCCCCCCCCCCCCCCCC(=O)NCCN(CCOC(C)=O)C(C)=O. The molecule has 32 heavy (non-hydrogen) atoms. The van der Waals surface area contributed by atoms with E-state index in [2.05, 4.69) is 12.2 Å². The standard InChI is InChI=1S/C26H50N2O4/c1-4-5-6-7-8-9-10-11-12-13-14-15-16-17-18-19-26(31)27-20-21-28(24(2)29)22-23-32-25(3)30/h4-23H2,1-3H3,(H,27,31). The topological polar surface area (TPSA) is 75.7 Å². The summed E-state index contributed by atoms with van der Waals surface area (Å²) >= 11 is 0. The zero-order chi connectivity index (χ0) is 23.9. The van der Waals surface area contributed by atoms with E-state index in [1.807, 2.05) is 0 Å². The monoisotopic (exact) mass is 454 g/mol. The summed E-state index contributed by atoms with van der Waals surface area (Å²) in [5.74, 6) is -0.401. The van der Waals surface area contributed by atoms with E-state index in [1.165, 1.54) is 97.3 Å². The molecule has 6 heteroatoms. The summed E-state index contributed by atoms with van der Waals surface area (Å²) in [7, 11) is 0. The van der Waals surface area contributed by atoms with Gasteiger partial charge < -0.3 is 15.0 Å². The molecule has 0 fully saturated rings. The summed E-state index contributed by atoms with van der Waals surface area (Å²) in [6.45, 7) is 6.48. The van der Waals surface area contributed by atoms with Gasteiger partial charge in [-0.25, -0.2) is 0 Å². The minimum absolute atomic E-state index is 0.0446. The molecule has 0 aliphatic heterocycles. The number of carbonyl (C=O) groups is 3. The predicted octanol–water partition coefficient (Wildman–Crippen LogP) is 5.78. The van der Waals surface area contributed by atoms with Gasteiger partial charge in [0.1, 0.15) is 6.61 Å². The molecule has 0 rings (SSSR count). The van der Waals surface area contributed by atoms with Crippen LogP contribution >= 0.6 is 0 Å². The Balaban J connectivity index is 3.45. The lowest BCUT2D eigenvalue weighted by Gasteiger charge is -2.20. The molecule has 0 saturated carbocycles. The fourth-order valence-electron chi connectivity index (χ4n) is 3.80. The van der Waals surface area contributed by atoms with Crippen molar-refractivity contribution >= 4 is 17.8 Å². The molecule has 0 unspecified atom stereocenters. The zero-order valence-electron chi connectivity index (χ0n) is 21.2. The Morgan fingerprint density at radius 3 is 1.59 bits per heavy atom. The summed E-state index contributed by atoms with van der Waals surface area (Å²) in [6.07, 6.45) is 20.3. The number of esters is 1. The number of nitrogens with zero attached hydrogens (tertiary/aromatic N) is 1. The highest BCUT2D eigenvalue weighted by molar-refractivity contribution is 5.76. The summed E-state index contributed by atoms with van der Waals surface area (Å²) in [6, 6.07) is 0. The fraction of sp³-hybridized carbons (Fsp3) is 0.885. The fourth-order valence-corrected chi connectivity index (χ4v) is 3.80. The smallest absolute Gasteiger partial charge is 0.302 e. The molecule has 0 atom stereocenters. The van der Waals surface area contributed by atoms with E-state index < -0.39 is 0 Å². The Kier molecular flexibility index (Phi) is 21.5. The summed E-state index contributed by atoms with van der Waals surface area (Å²) < 4.78 is 4.87. The van der Waals surface area contributed by atoms with Crippen LogP contribution in [0, 0.1) is 0 Å². The molecule has 188 valence electrons. The third kappa shape index (κ3) is 21.6. The van der Waals surface area contributed by atoms with Crippen LogP contribution in [0.15, 0.2) is 0 Å². The third-order valence-corrected chi connectivity index (χ3v) is 5.82. The maximum Gasteiger partial charge on any atom is 0.302 e. The summed E-state index contributed by atoms with van der Waals surface area (Å²) in [4.78, 5) is 35.9. The van der Waals surface area contributed by atoms with E-state index in [0.717, 1.165) is 12.8 Å². The number of hydrogen-bond acceptors (Lipinski definition) is 4. The van der Waals surface area contributed by atoms with Gasteiger partial charge in [-0.1, -0.05) is 96.8 Å². The number of hydrogen-bond donors (Lipinski definition) is 1. The number of rotatable bonds is 22. The van der Waals surface area contributed by atoms with E-state index in [9.17, 15) is 14.4 Å². The van der Waals surface area contributed by atoms with Gasteiger partial charge in [0.05, 0.1) is 6.54 Å². The Bertz CT molecular complexity index is 482. The van der Waals surface area contributed by atoms with Crippen molar-refractivity contribution in [3.63, 3.8) is 0 Å². The molecule has 6 nitrogen and oxygen atoms in total. The minimum atomic E-state index is -0.356. The van der Waals surface area contributed by atoms with Gasteiger partial charge in [-0.15, -0.1) is 0 Å². The van der Waals surface area contributed by atoms with E-state index in [0.29, 0.717) is 26.1 Å². The highest BCUT2D eigenvalue weighted by Crippen LogP contribution is 2.13. The molecule has 0 spiro atoms. The van der Waals surface area contributed by atoms with Crippen LogP contribution in [0.1, 0.15) is 124 Å². The van der Waals surface area contributed by atoms with Crippen LogP contribution in [-0.2, 0) is 19.1 Å². The molecule has 0 bridgehead atoms. The van der Waals surface area contributed by atoms with Gasteiger partial charge in [0.25, 0.3) is 0 Å². The Hall–Kier alpha value is -1.59. The molecule has 0 aromatic carbocycles. The second-order valence-corrected chi connectivity index (χ2v) is 8.90. The van der Waals surface area contributed by atoms with Gasteiger partial charge >= 0.3 is 5.97 Å². The number of amides is 2. The normalized spacial score (nSPS) is 10.7. The van der Waals surface area contributed by atoms with Gasteiger partial charge in [-0.05, 0) is 6.42 Å². The van der Waals surface area contributed by atoms with Crippen LogP contribution in [0.3, 0.4) is 0 Å². The molecule has 1 N–H and O–H groups in total. The quantitative estimate of drug-likeness (QED) is 0.166. The van der Waals surface area contributed by atoms with Gasteiger partial charge in [0.2, 0.25) is 11.8 Å². The van der Waals surface area contributed by atoms with Crippen molar-refractivity contribution in [3.05, 3.63) is 0 Å². The summed E-state index contributed by atoms with van der Waals surface area (Å²) in [5, 5.41) is 2.88. The number of unbranched alkanes of at least 4 members (excludes halogenated alkanes) is 14. The number of carbonyl (C=O) groups excluding carboxylic acids is 3. The van der Waals surface area contributed by atoms with Crippen LogP contribution in [-0.4, -0.2) is 48.9 Å². The van der Waals surface area contributed by atoms with Crippen molar-refractivity contribution in [1.29, 1.82) is 0 Å². The van der Waals surface area contributed by atoms with Gasteiger partial charge in [-0.3, -0.25) is 14.4 Å². The highest BCUT2D eigenvalue weighted by Gasteiger charge is 2.09. The molecule has 0 aliphatic rings. The first-order chi connectivity index (χ1) is 15.5. The van der Waals surface area contributed by atoms with E-state index >= 15 is 0 Å². The molecule has 2 amide bonds. The van der Waals surface area contributed by atoms with Crippen LogP contribution < -0.4 is 5.32 Å². The van der Waals surface area contributed by atoms with Crippen molar-refractivity contribution < 1.29 is 19.1 Å². The molecule has 0 saturated heterocycles. The first-order valence-corrected chi connectivity index (χ1v) is 13.1. The van der Waals surface area contributed by atoms with Gasteiger partial charge in [0, 0.05) is 33.4 Å². The Morgan fingerprint density at radius 2 is 1.16 bits per heavy atom. The predicted molar refractivity (Wildman–Crippen MR) is 131 cm³/mol. The van der Waals surface area contributed by atoms with Crippen molar-refractivity contribution in [1.82, 2.24) is 10.2 Å². The average Bonchev–Trinajstić information content (AvgIpc) is 2.75. The first-order valence-electron chi connectivity index (χ1n) is 13.1. The average molecular weight is 455 g/mol. The van der Waals surface area contributed by atoms with Crippen LogP contribution in [0.5, 0.6) is 0 Å². The van der Waals surface area contributed by atoms with Crippen LogP contribution in [0.25, 0.3) is 0 Å². The minimum Gasteiger partial charge on any atom is -0.464 e. The highest BCUT2D eigenvalue weighted by atomic mass is 16.5. The van der Waals surface area contributed by atoms with E-state index in [4.69, 9.17) is 4.74 Å². The van der Waals surface area contributed by atoms with Crippen LogP contribution in [0.4, 0.5) is 0 Å². The lowest BCUT2D eigenvalue weighted by atomic mass is 10.0. The maximum absolute atomic E-state index is 11.9. The van der Waals surface area contributed by atoms with Crippen molar-refractivity contribution in [2.24, 2.45) is 0 Å². The Labute approximate surface area is 197 Å². The number of nitrogens with one attached hydrogen (secondary N) is 1. The van der Waals surface area contributed by atoms with Crippen LogP contribution in [0.2, 0.25) is 0 Å². The second kappa shape index (κ2) is 22.6. The van der Waals surface area contributed by atoms with Crippen molar-refractivity contribution in [3.8, 4) is 0 Å². The second-order valence-electron chi connectivity index (χ2n) is 8.90. The third-order valence-electron chi connectivity index (χ3n) is 5.82. The molecule has 0 aliphatic carbocycles. The van der Waals surface area contributed by atoms with E-state index in [-0.39, 0.29) is 24.4 Å².